The second kappa shape index (κ2) is 7.22. The number of aromatic nitrogens is 5. The first kappa shape index (κ1) is 19.0. The van der Waals surface area contributed by atoms with Crippen molar-refractivity contribution in [1.82, 2.24) is 28.8 Å². The number of hydrogen-bond acceptors (Lipinski definition) is 8. The minimum atomic E-state index is -3.69. The summed E-state index contributed by atoms with van der Waals surface area (Å²) in [5.41, 5.74) is 0.681. The molecule has 1 aliphatic rings. The van der Waals surface area contributed by atoms with E-state index in [4.69, 9.17) is 0 Å². The monoisotopic (exact) mass is 419 g/mol. The van der Waals surface area contributed by atoms with E-state index in [9.17, 15) is 8.42 Å². The molecule has 9 nitrogen and oxygen atoms in total. The third-order valence-corrected chi connectivity index (χ3v) is 7.14. The number of nitrogens with zero attached hydrogens (tertiary/aromatic N) is 6. The van der Waals surface area contributed by atoms with Gasteiger partial charge in [0.1, 0.15) is 11.6 Å². The van der Waals surface area contributed by atoms with E-state index in [1.807, 2.05) is 6.92 Å². The van der Waals surface area contributed by atoms with E-state index in [0.717, 1.165) is 16.4 Å². The van der Waals surface area contributed by atoms with Crippen LogP contribution in [0.4, 0.5) is 10.9 Å². The Labute approximate surface area is 167 Å². The summed E-state index contributed by atoms with van der Waals surface area (Å²) in [6, 6.07) is 1.47. The fourth-order valence-electron chi connectivity index (χ4n) is 3.31. The van der Waals surface area contributed by atoms with Gasteiger partial charge in [0, 0.05) is 36.9 Å². The summed E-state index contributed by atoms with van der Waals surface area (Å²) >= 11 is 1.53. The summed E-state index contributed by atoms with van der Waals surface area (Å²) in [6.07, 6.45) is 6.28. The van der Waals surface area contributed by atoms with E-state index in [2.05, 4.69) is 25.3 Å². The van der Waals surface area contributed by atoms with Crippen LogP contribution in [0.5, 0.6) is 0 Å². The molecule has 11 heteroatoms. The van der Waals surface area contributed by atoms with Crippen LogP contribution in [0.15, 0.2) is 29.8 Å². The lowest BCUT2D eigenvalue weighted by Gasteiger charge is -2.23. The van der Waals surface area contributed by atoms with Gasteiger partial charge in [-0.05, 0) is 26.7 Å². The zero-order valence-corrected chi connectivity index (χ0v) is 17.5. The van der Waals surface area contributed by atoms with E-state index >= 15 is 0 Å². The zero-order chi connectivity index (χ0) is 19.9. The van der Waals surface area contributed by atoms with Crippen LogP contribution in [0.3, 0.4) is 0 Å². The SMILES string of the molecule is Cc1nc(Nc2ncc(C)s2)cc([C@@H]2CCCN2S(=O)(=O)c2cn(C)cn2)n1. The third-order valence-electron chi connectivity index (χ3n) is 4.51. The molecule has 0 aliphatic carbocycles. The van der Waals surface area contributed by atoms with Crippen LogP contribution in [0.25, 0.3) is 0 Å². The lowest BCUT2D eigenvalue weighted by atomic mass is 10.1. The topological polar surface area (TPSA) is 106 Å². The van der Waals surface area contributed by atoms with Gasteiger partial charge in [-0.2, -0.15) is 4.31 Å². The van der Waals surface area contributed by atoms with Gasteiger partial charge in [-0.3, -0.25) is 0 Å². The maximum Gasteiger partial charge on any atom is 0.262 e. The van der Waals surface area contributed by atoms with E-state index in [1.54, 1.807) is 30.8 Å². The van der Waals surface area contributed by atoms with Gasteiger partial charge in [-0.25, -0.2) is 28.4 Å². The van der Waals surface area contributed by atoms with Gasteiger partial charge in [0.25, 0.3) is 10.0 Å². The molecule has 28 heavy (non-hydrogen) atoms. The van der Waals surface area contributed by atoms with E-state index in [0.29, 0.717) is 30.3 Å². The molecule has 0 amide bonds. The quantitative estimate of drug-likeness (QED) is 0.677. The lowest BCUT2D eigenvalue weighted by Crippen LogP contribution is -2.31. The molecule has 148 valence electrons. The average Bonchev–Trinajstić information content (AvgIpc) is 3.35. The second-order valence-electron chi connectivity index (χ2n) is 6.78. The molecule has 0 aromatic carbocycles. The Bertz CT molecular complexity index is 1110. The number of anilines is 2. The predicted molar refractivity (Wildman–Crippen MR) is 106 cm³/mol. The fraction of sp³-hybridized carbons (Fsp3) is 0.412. The Morgan fingerprint density at radius 3 is 2.75 bits per heavy atom. The summed E-state index contributed by atoms with van der Waals surface area (Å²) in [5, 5.41) is 3.99. The van der Waals surface area contributed by atoms with Crippen LogP contribution < -0.4 is 5.32 Å². The van der Waals surface area contributed by atoms with Crippen LogP contribution in [0, 0.1) is 13.8 Å². The number of rotatable bonds is 5. The third kappa shape index (κ3) is 3.64. The smallest absolute Gasteiger partial charge is 0.262 e. The zero-order valence-electron chi connectivity index (χ0n) is 15.8. The molecule has 0 spiro atoms. The number of hydrogen-bond donors (Lipinski definition) is 1. The first-order valence-corrected chi connectivity index (χ1v) is 11.1. The molecule has 3 aromatic heterocycles. The highest BCUT2D eigenvalue weighted by Gasteiger charge is 2.38. The van der Waals surface area contributed by atoms with Crippen molar-refractivity contribution in [3.05, 3.63) is 41.2 Å². The Morgan fingerprint density at radius 2 is 2.07 bits per heavy atom. The summed E-state index contributed by atoms with van der Waals surface area (Å²) in [4.78, 5) is 18.4. The van der Waals surface area contributed by atoms with Gasteiger partial charge >= 0.3 is 0 Å². The highest BCUT2D eigenvalue weighted by molar-refractivity contribution is 7.89. The van der Waals surface area contributed by atoms with Gasteiger partial charge in [0.2, 0.25) is 0 Å². The van der Waals surface area contributed by atoms with Crippen LogP contribution in [0.1, 0.15) is 35.3 Å². The molecular weight excluding hydrogens is 398 g/mol. The molecule has 4 heterocycles. The molecule has 0 unspecified atom stereocenters. The maximum absolute atomic E-state index is 13.1. The van der Waals surface area contributed by atoms with Crippen molar-refractivity contribution in [3.8, 4) is 0 Å². The van der Waals surface area contributed by atoms with Crippen LogP contribution >= 0.6 is 11.3 Å². The van der Waals surface area contributed by atoms with Crippen molar-refractivity contribution < 1.29 is 8.42 Å². The Kier molecular flexibility index (Phi) is 4.89. The molecule has 0 radical (unpaired) electrons. The second-order valence-corrected chi connectivity index (χ2v) is 9.85. The van der Waals surface area contributed by atoms with Crippen molar-refractivity contribution in [2.45, 2.75) is 37.8 Å². The number of aryl methyl sites for hydroxylation is 3. The Balaban J connectivity index is 1.65. The summed E-state index contributed by atoms with van der Waals surface area (Å²) < 4.78 is 29.3. The first-order chi connectivity index (χ1) is 13.3. The van der Waals surface area contributed by atoms with Crippen LogP contribution in [0.2, 0.25) is 0 Å². The van der Waals surface area contributed by atoms with Crippen molar-refractivity contribution in [1.29, 1.82) is 0 Å². The minimum absolute atomic E-state index is 0.0595. The van der Waals surface area contributed by atoms with E-state index in [-0.39, 0.29) is 11.1 Å². The fourth-order valence-corrected chi connectivity index (χ4v) is 5.62. The van der Waals surface area contributed by atoms with Crippen LogP contribution in [-0.2, 0) is 17.1 Å². The Morgan fingerprint density at radius 1 is 1.25 bits per heavy atom. The molecule has 1 fully saturated rings. The molecule has 1 aliphatic heterocycles. The van der Waals surface area contributed by atoms with Gasteiger partial charge in [-0.1, -0.05) is 0 Å². The maximum atomic E-state index is 13.1. The largest absolute Gasteiger partial charge is 0.339 e. The minimum Gasteiger partial charge on any atom is -0.339 e. The summed E-state index contributed by atoms with van der Waals surface area (Å²) in [5.74, 6) is 1.19. The van der Waals surface area contributed by atoms with Gasteiger partial charge < -0.3 is 9.88 Å². The molecular formula is C17H21N7O2S2. The van der Waals surface area contributed by atoms with Crippen LogP contribution in [-0.4, -0.2) is 43.8 Å². The molecule has 0 bridgehead atoms. The van der Waals surface area contributed by atoms with Gasteiger partial charge in [0.05, 0.1) is 18.1 Å². The highest BCUT2D eigenvalue weighted by Crippen LogP contribution is 2.36. The summed E-state index contributed by atoms with van der Waals surface area (Å²) in [7, 11) is -1.94. The number of imidazole rings is 1. The van der Waals surface area contributed by atoms with E-state index in [1.165, 1.54) is 28.2 Å². The number of nitrogens with one attached hydrogen (secondary N) is 1. The molecule has 1 saturated heterocycles. The lowest BCUT2D eigenvalue weighted by molar-refractivity contribution is 0.388. The number of sulfonamides is 1. The predicted octanol–water partition coefficient (Wildman–Crippen LogP) is 2.55. The first-order valence-electron chi connectivity index (χ1n) is 8.88. The molecule has 0 saturated carbocycles. The van der Waals surface area contributed by atoms with Gasteiger partial charge in [0.15, 0.2) is 10.2 Å². The highest BCUT2D eigenvalue weighted by atomic mass is 32.2. The summed E-state index contributed by atoms with van der Waals surface area (Å²) in [6.45, 7) is 4.23. The van der Waals surface area contributed by atoms with E-state index < -0.39 is 10.0 Å². The molecule has 4 rings (SSSR count). The van der Waals surface area contributed by atoms with Crippen molar-refractivity contribution in [2.75, 3.05) is 11.9 Å². The van der Waals surface area contributed by atoms with Crippen molar-refractivity contribution >= 4 is 32.3 Å². The van der Waals surface area contributed by atoms with Crippen molar-refractivity contribution in [2.24, 2.45) is 7.05 Å². The standard InChI is InChI=1S/C17H21N7O2S2/c1-11-8-18-17(27-11)22-15-7-13(20-12(2)21-15)14-5-4-6-24(14)28(25,26)16-9-23(3)10-19-16/h7-10,14H,4-6H2,1-3H3,(H,18,20,21,22)/t14-/m0/s1. The Hall–Kier alpha value is -2.37. The van der Waals surface area contributed by atoms with Gasteiger partial charge in [-0.15, -0.1) is 11.3 Å². The number of thiazole rings is 1. The molecule has 1 N–H and O–H groups in total. The normalized spacial score (nSPS) is 17.9. The molecule has 1 atom stereocenters. The van der Waals surface area contributed by atoms with Crippen molar-refractivity contribution in [3.63, 3.8) is 0 Å². The molecule has 3 aromatic rings. The average molecular weight is 420 g/mol.